The molecule has 182 valence electrons. The van der Waals surface area contributed by atoms with E-state index in [2.05, 4.69) is 25.2 Å². The smallest absolute Gasteiger partial charge is 0.257 e. The third-order valence-corrected chi connectivity index (χ3v) is 8.18. The third kappa shape index (κ3) is 5.40. The highest BCUT2D eigenvalue weighted by Crippen LogP contribution is 2.39. The lowest BCUT2D eigenvalue weighted by molar-refractivity contribution is -0.117. The molecule has 35 heavy (non-hydrogen) atoms. The molecule has 0 unspecified atom stereocenters. The molecule has 1 aliphatic heterocycles. The van der Waals surface area contributed by atoms with Crippen LogP contribution in [0.1, 0.15) is 28.8 Å². The maximum absolute atomic E-state index is 13.5. The van der Waals surface area contributed by atoms with E-state index in [1.807, 2.05) is 24.0 Å². The molecular formula is C24H26N6O3S2. The molecule has 2 amide bonds. The van der Waals surface area contributed by atoms with Crippen LogP contribution in [0.3, 0.4) is 0 Å². The Morgan fingerprint density at radius 1 is 1.11 bits per heavy atom. The number of methoxy groups -OCH3 is 1. The number of carbonyl (C=O) groups is 2. The second kappa shape index (κ2) is 10.2. The zero-order chi connectivity index (χ0) is 24.4. The van der Waals surface area contributed by atoms with Crippen LogP contribution < -0.4 is 15.0 Å². The molecule has 0 atom stereocenters. The van der Waals surface area contributed by atoms with Gasteiger partial charge in [-0.2, -0.15) is 0 Å². The molecule has 1 aromatic carbocycles. The first-order chi connectivity index (χ1) is 17.0. The van der Waals surface area contributed by atoms with E-state index in [0.29, 0.717) is 48.6 Å². The standard InChI is InChI=1S/C24H26N6O3S2/c1-15-12-18(33-2)17(22(32)29-8-10-30(11-9-29)23-25-6-3-7-26-23)13-19(15)34-20-14-27-24(35-20)28-21(31)16-4-5-16/h3,6-7,12-14,16H,4-5,8-11H2,1-2H3,(H,27,28,31). The Hall–Kier alpha value is -3.18. The molecule has 3 heterocycles. The van der Waals surface area contributed by atoms with Crippen LogP contribution in [0.25, 0.3) is 0 Å². The summed E-state index contributed by atoms with van der Waals surface area (Å²) in [5.41, 5.74) is 1.54. The van der Waals surface area contributed by atoms with E-state index in [4.69, 9.17) is 4.74 Å². The fourth-order valence-electron chi connectivity index (χ4n) is 3.87. The largest absolute Gasteiger partial charge is 0.496 e. The van der Waals surface area contributed by atoms with Gasteiger partial charge in [-0.25, -0.2) is 15.0 Å². The molecule has 9 nitrogen and oxygen atoms in total. The predicted octanol–water partition coefficient (Wildman–Crippen LogP) is 3.71. The van der Waals surface area contributed by atoms with E-state index in [-0.39, 0.29) is 17.7 Å². The van der Waals surface area contributed by atoms with Gasteiger partial charge in [0.15, 0.2) is 5.13 Å². The molecule has 1 N–H and O–H groups in total. The van der Waals surface area contributed by atoms with Crippen LogP contribution in [0.4, 0.5) is 11.1 Å². The van der Waals surface area contributed by atoms with Gasteiger partial charge in [0.2, 0.25) is 11.9 Å². The lowest BCUT2D eigenvalue weighted by atomic mass is 10.1. The number of thiazole rings is 1. The Kier molecular flexibility index (Phi) is 6.87. The minimum Gasteiger partial charge on any atom is -0.496 e. The van der Waals surface area contributed by atoms with Crippen molar-refractivity contribution in [3.8, 4) is 5.75 Å². The van der Waals surface area contributed by atoms with Gasteiger partial charge in [-0.05, 0) is 43.5 Å². The first-order valence-corrected chi connectivity index (χ1v) is 13.1. The Bertz CT molecular complexity index is 1220. The summed E-state index contributed by atoms with van der Waals surface area (Å²) in [6, 6.07) is 5.59. The fourth-order valence-corrected chi connectivity index (χ4v) is 5.81. The van der Waals surface area contributed by atoms with Crippen molar-refractivity contribution in [1.82, 2.24) is 19.9 Å². The molecular weight excluding hydrogens is 484 g/mol. The fraction of sp³-hybridized carbons (Fsp3) is 0.375. The monoisotopic (exact) mass is 510 g/mol. The highest BCUT2D eigenvalue weighted by Gasteiger charge is 2.30. The molecule has 0 bridgehead atoms. The summed E-state index contributed by atoms with van der Waals surface area (Å²) < 4.78 is 6.51. The van der Waals surface area contributed by atoms with Crippen LogP contribution in [0, 0.1) is 12.8 Å². The Morgan fingerprint density at radius 3 is 2.54 bits per heavy atom. The molecule has 2 aliphatic rings. The van der Waals surface area contributed by atoms with Gasteiger partial charge in [0.05, 0.1) is 23.1 Å². The van der Waals surface area contributed by atoms with Gasteiger partial charge in [-0.1, -0.05) is 23.1 Å². The number of aryl methyl sites for hydroxylation is 1. The number of hydrogen-bond donors (Lipinski definition) is 1. The number of carbonyl (C=O) groups excluding carboxylic acids is 2. The second-order valence-electron chi connectivity index (χ2n) is 8.50. The van der Waals surface area contributed by atoms with Crippen molar-refractivity contribution in [1.29, 1.82) is 0 Å². The zero-order valence-electron chi connectivity index (χ0n) is 19.6. The van der Waals surface area contributed by atoms with Crippen LogP contribution in [0.15, 0.2) is 45.9 Å². The summed E-state index contributed by atoms with van der Waals surface area (Å²) in [5.74, 6) is 1.37. The number of amides is 2. The van der Waals surface area contributed by atoms with Crippen LogP contribution in [0.2, 0.25) is 0 Å². The average molecular weight is 511 g/mol. The van der Waals surface area contributed by atoms with E-state index in [1.54, 1.807) is 31.8 Å². The van der Waals surface area contributed by atoms with E-state index in [1.165, 1.54) is 23.1 Å². The highest BCUT2D eigenvalue weighted by atomic mass is 32.2. The van der Waals surface area contributed by atoms with Gasteiger partial charge in [-0.15, -0.1) is 0 Å². The molecule has 1 saturated carbocycles. The number of ether oxygens (including phenoxy) is 1. The molecule has 0 spiro atoms. The van der Waals surface area contributed by atoms with Gasteiger partial charge in [0.1, 0.15) is 5.75 Å². The van der Waals surface area contributed by atoms with Crippen LogP contribution in [-0.4, -0.2) is 65.0 Å². The molecule has 1 saturated heterocycles. The first kappa shape index (κ1) is 23.6. The quantitative estimate of drug-likeness (QED) is 0.513. The van der Waals surface area contributed by atoms with E-state index < -0.39 is 0 Å². The van der Waals surface area contributed by atoms with E-state index >= 15 is 0 Å². The van der Waals surface area contributed by atoms with Gasteiger partial charge >= 0.3 is 0 Å². The lowest BCUT2D eigenvalue weighted by Gasteiger charge is -2.35. The summed E-state index contributed by atoms with van der Waals surface area (Å²) in [6.07, 6.45) is 7.12. The number of hydrogen-bond acceptors (Lipinski definition) is 9. The van der Waals surface area contributed by atoms with Crippen molar-refractivity contribution in [3.05, 3.63) is 47.9 Å². The average Bonchev–Trinajstić information content (AvgIpc) is 3.66. The minimum absolute atomic E-state index is 0.0448. The van der Waals surface area contributed by atoms with Crippen LogP contribution >= 0.6 is 23.1 Å². The van der Waals surface area contributed by atoms with E-state index in [9.17, 15) is 9.59 Å². The second-order valence-corrected chi connectivity index (χ2v) is 10.9. The van der Waals surface area contributed by atoms with Crippen molar-refractivity contribution in [3.63, 3.8) is 0 Å². The summed E-state index contributed by atoms with van der Waals surface area (Å²) >= 11 is 2.97. The number of nitrogens with one attached hydrogen (secondary N) is 1. The van der Waals surface area contributed by atoms with Crippen molar-refractivity contribution in [2.45, 2.75) is 28.9 Å². The summed E-state index contributed by atoms with van der Waals surface area (Å²) in [7, 11) is 1.58. The number of benzene rings is 1. The van der Waals surface area contributed by atoms with Gasteiger partial charge < -0.3 is 19.9 Å². The number of nitrogens with zero attached hydrogens (tertiary/aromatic N) is 5. The Morgan fingerprint density at radius 2 is 1.86 bits per heavy atom. The van der Waals surface area contributed by atoms with Crippen molar-refractivity contribution in [2.75, 3.05) is 43.5 Å². The van der Waals surface area contributed by atoms with Crippen LogP contribution in [0.5, 0.6) is 5.75 Å². The van der Waals surface area contributed by atoms with Gasteiger partial charge in [0.25, 0.3) is 5.91 Å². The first-order valence-electron chi connectivity index (χ1n) is 11.5. The molecule has 2 fully saturated rings. The predicted molar refractivity (Wildman–Crippen MR) is 135 cm³/mol. The minimum atomic E-state index is -0.0565. The van der Waals surface area contributed by atoms with Crippen LogP contribution in [-0.2, 0) is 4.79 Å². The normalized spacial score (nSPS) is 15.7. The number of piperazine rings is 1. The van der Waals surface area contributed by atoms with Crippen molar-refractivity contribution in [2.24, 2.45) is 5.92 Å². The number of anilines is 2. The Balaban J connectivity index is 1.29. The van der Waals surface area contributed by atoms with Crippen molar-refractivity contribution >= 4 is 46.0 Å². The van der Waals surface area contributed by atoms with Gasteiger partial charge in [-0.3, -0.25) is 9.59 Å². The van der Waals surface area contributed by atoms with Gasteiger partial charge in [0, 0.05) is 49.4 Å². The molecule has 11 heteroatoms. The Labute approximate surface area is 211 Å². The third-order valence-electron chi connectivity index (χ3n) is 6.00. The summed E-state index contributed by atoms with van der Waals surface area (Å²) in [5, 5.41) is 3.50. The zero-order valence-corrected chi connectivity index (χ0v) is 21.2. The topological polar surface area (TPSA) is 101 Å². The highest BCUT2D eigenvalue weighted by molar-refractivity contribution is 8.01. The maximum Gasteiger partial charge on any atom is 0.257 e. The maximum atomic E-state index is 13.5. The molecule has 5 rings (SSSR count). The summed E-state index contributed by atoms with van der Waals surface area (Å²) in [6.45, 7) is 4.49. The molecule has 1 aliphatic carbocycles. The van der Waals surface area contributed by atoms with E-state index in [0.717, 1.165) is 27.5 Å². The lowest BCUT2D eigenvalue weighted by Crippen LogP contribution is -2.49. The molecule has 0 radical (unpaired) electrons. The summed E-state index contributed by atoms with van der Waals surface area (Å²) in [4.78, 5) is 43.3. The molecule has 2 aromatic heterocycles. The SMILES string of the molecule is COc1cc(C)c(Sc2cnc(NC(=O)C3CC3)s2)cc1C(=O)N1CCN(c2ncccn2)CC1. The molecule has 3 aromatic rings. The van der Waals surface area contributed by atoms with Crippen molar-refractivity contribution < 1.29 is 14.3 Å². The number of rotatable bonds is 7. The number of aromatic nitrogens is 3.